The first-order valence-electron chi connectivity index (χ1n) is 7.16. The molecular weight excluding hydrogens is 345 g/mol. The van der Waals surface area contributed by atoms with Gasteiger partial charge in [-0.15, -0.1) is 0 Å². The van der Waals surface area contributed by atoms with Crippen molar-refractivity contribution >= 4 is 33.7 Å². The first kappa shape index (κ1) is 16.8. The summed E-state index contributed by atoms with van der Waals surface area (Å²) in [7, 11) is 0. The molecule has 0 aliphatic carbocycles. The van der Waals surface area contributed by atoms with E-state index in [1.54, 1.807) is 0 Å². The lowest BCUT2D eigenvalue weighted by atomic mass is 10.2. The molecule has 1 saturated heterocycles. The molecule has 10 heteroatoms. The Hall–Kier alpha value is -2.04. The summed E-state index contributed by atoms with van der Waals surface area (Å²) in [4.78, 5) is 2.01. The fourth-order valence-electron chi connectivity index (χ4n) is 2.37. The highest BCUT2D eigenvalue weighted by molar-refractivity contribution is 7.11. The summed E-state index contributed by atoms with van der Waals surface area (Å²) in [5.74, 6) is 0.166. The second-order valence-electron chi connectivity index (χ2n) is 5.13. The summed E-state index contributed by atoms with van der Waals surface area (Å²) >= 11 is 1.15. The highest BCUT2D eigenvalue weighted by atomic mass is 32.1. The lowest BCUT2D eigenvalue weighted by Crippen LogP contribution is -2.36. The van der Waals surface area contributed by atoms with E-state index < -0.39 is 11.7 Å². The Labute approximate surface area is 140 Å². The molecule has 2 aromatic rings. The third-order valence-electron chi connectivity index (χ3n) is 3.54. The van der Waals surface area contributed by atoms with Crippen molar-refractivity contribution in [1.29, 1.82) is 0 Å². The Morgan fingerprint density at radius 1 is 1.25 bits per heavy atom. The van der Waals surface area contributed by atoms with Gasteiger partial charge in [0.1, 0.15) is 10.7 Å². The quantitative estimate of drug-likeness (QED) is 0.725. The van der Waals surface area contributed by atoms with Crippen LogP contribution in [-0.2, 0) is 10.9 Å². The third-order valence-corrected chi connectivity index (χ3v) is 4.45. The first-order valence-corrected chi connectivity index (χ1v) is 7.93. The molecule has 0 atom stereocenters. The zero-order chi connectivity index (χ0) is 17.2. The van der Waals surface area contributed by atoms with E-state index in [0.29, 0.717) is 32.0 Å². The molecule has 1 aliphatic rings. The van der Waals surface area contributed by atoms with Crippen LogP contribution < -0.4 is 15.7 Å². The van der Waals surface area contributed by atoms with Crippen LogP contribution in [-0.4, -0.2) is 35.9 Å². The molecule has 1 aromatic heterocycles. The van der Waals surface area contributed by atoms with Crippen LogP contribution in [0.5, 0.6) is 0 Å². The molecule has 0 spiro atoms. The van der Waals surface area contributed by atoms with Crippen LogP contribution in [0.2, 0.25) is 0 Å². The molecule has 3 N–H and O–H groups in total. The molecule has 24 heavy (non-hydrogen) atoms. The summed E-state index contributed by atoms with van der Waals surface area (Å²) < 4.78 is 47.9. The van der Waals surface area contributed by atoms with Gasteiger partial charge < -0.3 is 15.0 Å². The van der Waals surface area contributed by atoms with Crippen LogP contribution in [0.1, 0.15) is 5.56 Å². The summed E-state index contributed by atoms with van der Waals surface area (Å²) in [6, 6.07) is 4.87. The van der Waals surface area contributed by atoms with E-state index in [1.165, 1.54) is 12.1 Å². The van der Waals surface area contributed by atoms with Crippen molar-refractivity contribution in [1.82, 2.24) is 4.37 Å². The number of benzene rings is 1. The number of hydrogen-bond donors (Lipinski definition) is 3. The van der Waals surface area contributed by atoms with E-state index in [0.717, 1.165) is 28.7 Å². The Morgan fingerprint density at radius 3 is 2.67 bits per heavy atom. The van der Waals surface area contributed by atoms with Gasteiger partial charge in [0.05, 0.1) is 18.8 Å². The van der Waals surface area contributed by atoms with Gasteiger partial charge in [0.15, 0.2) is 5.82 Å². The topological polar surface area (TPSA) is 69.7 Å². The van der Waals surface area contributed by atoms with Gasteiger partial charge in [0.25, 0.3) is 0 Å². The van der Waals surface area contributed by atoms with Crippen molar-refractivity contribution in [3.8, 4) is 0 Å². The molecule has 3 rings (SSSR count). The van der Waals surface area contributed by atoms with Crippen LogP contribution in [0.25, 0.3) is 0 Å². The van der Waals surface area contributed by atoms with Crippen molar-refractivity contribution in [3.63, 3.8) is 0 Å². The minimum absolute atomic E-state index is 0.166. The number of morpholine rings is 1. The van der Waals surface area contributed by atoms with Gasteiger partial charge in [0.2, 0.25) is 0 Å². The Bertz CT molecular complexity index is 702. The predicted molar refractivity (Wildman–Crippen MR) is 85.3 cm³/mol. The lowest BCUT2D eigenvalue weighted by molar-refractivity contribution is -0.137. The number of hydrogen-bond acceptors (Lipinski definition) is 7. The zero-order valence-electron chi connectivity index (χ0n) is 12.4. The third kappa shape index (κ3) is 3.55. The fraction of sp³-hybridized carbons (Fsp3) is 0.357. The average Bonchev–Trinajstić information content (AvgIpc) is 2.98. The number of alkyl halides is 3. The van der Waals surface area contributed by atoms with Gasteiger partial charge in [-0.25, -0.2) is 5.48 Å². The Balaban J connectivity index is 1.90. The second kappa shape index (κ2) is 6.83. The fourth-order valence-corrected chi connectivity index (χ4v) is 3.22. The number of nitrogens with zero attached hydrogens (tertiary/aromatic N) is 2. The van der Waals surface area contributed by atoms with Gasteiger partial charge in [0, 0.05) is 18.8 Å². The highest BCUT2D eigenvalue weighted by Crippen LogP contribution is 2.40. The summed E-state index contributed by atoms with van der Waals surface area (Å²) in [6.07, 6.45) is -4.42. The van der Waals surface area contributed by atoms with Gasteiger partial charge >= 0.3 is 6.18 Å². The maximum absolute atomic E-state index is 12.8. The zero-order valence-corrected chi connectivity index (χ0v) is 13.2. The second-order valence-corrected chi connectivity index (χ2v) is 5.88. The molecule has 1 fully saturated rings. The minimum Gasteiger partial charge on any atom is -0.378 e. The standard InChI is InChI=1S/C14H15F3N4O2S/c15-14(16,17)9-2-1-3-10(8-9)18-11-12(19-22)20-24-13(11)21-4-6-23-7-5-21/h1-3,8,18,22H,4-7H2,(H,19,20). The molecule has 1 aromatic carbocycles. The van der Waals surface area contributed by atoms with Crippen LogP contribution in [0.4, 0.5) is 35.4 Å². The maximum atomic E-state index is 12.8. The molecule has 0 saturated carbocycles. The van der Waals surface area contributed by atoms with Gasteiger partial charge in [-0.1, -0.05) is 6.07 Å². The van der Waals surface area contributed by atoms with E-state index >= 15 is 0 Å². The first-order chi connectivity index (χ1) is 11.5. The molecule has 2 heterocycles. The van der Waals surface area contributed by atoms with Gasteiger partial charge in [-0.3, -0.25) is 5.21 Å². The maximum Gasteiger partial charge on any atom is 0.416 e. The summed E-state index contributed by atoms with van der Waals surface area (Å²) in [5, 5.41) is 12.9. The van der Waals surface area contributed by atoms with E-state index in [9.17, 15) is 18.4 Å². The van der Waals surface area contributed by atoms with Crippen LogP contribution in [0.3, 0.4) is 0 Å². The van der Waals surface area contributed by atoms with Crippen LogP contribution in [0, 0.1) is 0 Å². The molecule has 0 unspecified atom stereocenters. The number of ether oxygens (including phenoxy) is 1. The molecule has 0 radical (unpaired) electrons. The van der Waals surface area contributed by atoms with Crippen molar-refractivity contribution in [2.45, 2.75) is 6.18 Å². The van der Waals surface area contributed by atoms with E-state index in [4.69, 9.17) is 4.74 Å². The van der Waals surface area contributed by atoms with Gasteiger partial charge in [-0.2, -0.15) is 17.5 Å². The SMILES string of the molecule is ONc1nsc(N2CCOCC2)c1Nc1cccc(C(F)(F)F)c1. The van der Waals surface area contributed by atoms with Crippen LogP contribution in [0.15, 0.2) is 24.3 Å². The minimum atomic E-state index is -4.42. The number of halogens is 3. The summed E-state index contributed by atoms with van der Waals surface area (Å²) in [6.45, 7) is 2.40. The smallest absolute Gasteiger partial charge is 0.378 e. The predicted octanol–water partition coefficient (Wildman–Crippen LogP) is 3.54. The van der Waals surface area contributed by atoms with Crippen molar-refractivity contribution < 1.29 is 23.1 Å². The highest BCUT2D eigenvalue weighted by Gasteiger charge is 2.30. The Kier molecular flexibility index (Phi) is 4.78. The van der Waals surface area contributed by atoms with Crippen molar-refractivity contribution in [2.24, 2.45) is 0 Å². The van der Waals surface area contributed by atoms with Crippen molar-refractivity contribution in [3.05, 3.63) is 29.8 Å². The largest absolute Gasteiger partial charge is 0.416 e. The summed E-state index contributed by atoms with van der Waals surface area (Å²) in [5.41, 5.74) is 1.92. The molecule has 0 bridgehead atoms. The van der Waals surface area contributed by atoms with Crippen molar-refractivity contribution in [2.75, 3.05) is 42.0 Å². The molecule has 1 aliphatic heterocycles. The molecule has 6 nitrogen and oxygen atoms in total. The Morgan fingerprint density at radius 2 is 2.00 bits per heavy atom. The molecular formula is C14H15F3N4O2S. The van der Waals surface area contributed by atoms with Gasteiger partial charge in [-0.05, 0) is 29.7 Å². The normalized spacial score (nSPS) is 15.4. The average molecular weight is 360 g/mol. The van der Waals surface area contributed by atoms with Crippen LogP contribution >= 0.6 is 11.5 Å². The van der Waals surface area contributed by atoms with E-state index in [-0.39, 0.29) is 11.5 Å². The van der Waals surface area contributed by atoms with E-state index in [1.807, 2.05) is 10.4 Å². The number of aromatic nitrogens is 1. The molecule has 130 valence electrons. The monoisotopic (exact) mass is 360 g/mol. The number of rotatable bonds is 4. The molecule has 0 amide bonds. The van der Waals surface area contributed by atoms with E-state index in [2.05, 4.69) is 9.69 Å². The number of nitrogens with one attached hydrogen (secondary N) is 2. The lowest BCUT2D eigenvalue weighted by Gasteiger charge is -2.28. The number of anilines is 4.